The lowest BCUT2D eigenvalue weighted by Crippen LogP contribution is -2.34. The highest BCUT2D eigenvalue weighted by Gasteiger charge is 2.28. The van der Waals surface area contributed by atoms with Gasteiger partial charge >= 0.3 is 0 Å². The van der Waals surface area contributed by atoms with E-state index in [1.807, 2.05) is 0 Å². The third-order valence-electron chi connectivity index (χ3n) is 3.69. The Kier molecular flexibility index (Phi) is 4.94. The summed E-state index contributed by atoms with van der Waals surface area (Å²) in [6, 6.07) is 22.1. The molecule has 2 rings (SSSR count). The van der Waals surface area contributed by atoms with Crippen LogP contribution in [0, 0.1) is 0 Å². The summed E-state index contributed by atoms with van der Waals surface area (Å²) in [6.45, 7) is 0. The summed E-state index contributed by atoms with van der Waals surface area (Å²) in [6.07, 6.45) is 0. The molecule has 2 heteroatoms. The van der Waals surface area contributed by atoms with Crippen molar-refractivity contribution in [2.45, 2.75) is 12.1 Å². The van der Waals surface area contributed by atoms with Gasteiger partial charge in [0, 0.05) is 0 Å². The Morgan fingerprint density at radius 2 is 0.850 bits per heavy atom. The van der Waals surface area contributed by atoms with Crippen LogP contribution in [0.4, 0.5) is 0 Å². The van der Waals surface area contributed by atoms with Gasteiger partial charge in [0.1, 0.15) is 0 Å². The molecule has 0 saturated heterocycles. The van der Waals surface area contributed by atoms with E-state index in [-0.39, 0.29) is 0 Å². The Morgan fingerprint density at radius 1 is 0.550 bits per heavy atom. The fourth-order valence-electron chi connectivity index (χ4n) is 2.83. The minimum atomic E-state index is 0.327. The first kappa shape index (κ1) is 14.8. The van der Waals surface area contributed by atoms with Gasteiger partial charge < -0.3 is 9.80 Å². The van der Waals surface area contributed by atoms with E-state index in [0.717, 1.165) is 0 Å². The van der Waals surface area contributed by atoms with Crippen LogP contribution < -0.4 is 0 Å². The van der Waals surface area contributed by atoms with Gasteiger partial charge in [0.25, 0.3) is 0 Å². The fraction of sp³-hybridized carbons (Fsp3) is 0.333. The second kappa shape index (κ2) is 6.69. The van der Waals surface area contributed by atoms with E-state index in [2.05, 4.69) is 98.7 Å². The molecule has 0 aromatic heterocycles. The maximum Gasteiger partial charge on any atom is 0.0540 e. The van der Waals surface area contributed by atoms with Gasteiger partial charge in [-0.2, -0.15) is 0 Å². The monoisotopic (exact) mass is 268 g/mol. The van der Waals surface area contributed by atoms with Crippen LogP contribution in [0.1, 0.15) is 23.2 Å². The summed E-state index contributed by atoms with van der Waals surface area (Å²) in [5, 5.41) is 0. The summed E-state index contributed by atoms with van der Waals surface area (Å²) in [5.74, 6) is 0. The van der Waals surface area contributed by atoms with Crippen molar-refractivity contribution >= 4 is 0 Å². The maximum atomic E-state index is 2.30. The molecule has 20 heavy (non-hydrogen) atoms. The van der Waals surface area contributed by atoms with Crippen LogP contribution in [0.5, 0.6) is 0 Å². The molecule has 0 aliphatic rings. The second-order valence-electron chi connectivity index (χ2n) is 5.64. The predicted molar refractivity (Wildman–Crippen MR) is 85.7 cm³/mol. The third-order valence-corrected chi connectivity index (χ3v) is 3.69. The zero-order valence-corrected chi connectivity index (χ0v) is 12.8. The van der Waals surface area contributed by atoms with Gasteiger partial charge in [-0.15, -0.1) is 0 Å². The zero-order valence-electron chi connectivity index (χ0n) is 12.8. The maximum absolute atomic E-state index is 2.30. The van der Waals surface area contributed by atoms with E-state index in [1.54, 1.807) is 0 Å². The van der Waals surface area contributed by atoms with Crippen molar-refractivity contribution in [1.82, 2.24) is 9.80 Å². The Morgan fingerprint density at radius 3 is 1.10 bits per heavy atom. The lowest BCUT2D eigenvalue weighted by atomic mass is 9.92. The van der Waals surface area contributed by atoms with Crippen molar-refractivity contribution in [2.75, 3.05) is 28.2 Å². The van der Waals surface area contributed by atoms with Crippen LogP contribution in [0.2, 0.25) is 0 Å². The summed E-state index contributed by atoms with van der Waals surface area (Å²) in [4.78, 5) is 4.60. The van der Waals surface area contributed by atoms with E-state index in [1.165, 1.54) is 11.1 Å². The highest BCUT2D eigenvalue weighted by Crippen LogP contribution is 2.35. The van der Waals surface area contributed by atoms with Gasteiger partial charge in [-0.1, -0.05) is 60.7 Å². The quantitative estimate of drug-likeness (QED) is 0.817. The fourth-order valence-corrected chi connectivity index (χ4v) is 2.83. The van der Waals surface area contributed by atoms with E-state index in [4.69, 9.17) is 0 Å². The molecule has 0 aliphatic carbocycles. The first-order chi connectivity index (χ1) is 9.61. The van der Waals surface area contributed by atoms with Gasteiger partial charge in [-0.05, 0) is 39.3 Å². The molecule has 0 radical (unpaired) electrons. The van der Waals surface area contributed by atoms with Crippen molar-refractivity contribution in [2.24, 2.45) is 0 Å². The number of rotatable bonds is 5. The molecule has 2 aromatic carbocycles. The molecule has 0 aliphatic heterocycles. The Bertz CT molecular complexity index is 456. The van der Waals surface area contributed by atoms with Crippen molar-refractivity contribution in [3.05, 3.63) is 71.8 Å². The topological polar surface area (TPSA) is 6.48 Å². The van der Waals surface area contributed by atoms with Crippen LogP contribution in [-0.2, 0) is 0 Å². The van der Waals surface area contributed by atoms with E-state index in [0.29, 0.717) is 12.1 Å². The summed E-state index contributed by atoms with van der Waals surface area (Å²) in [7, 11) is 8.60. The molecule has 0 fully saturated rings. The van der Waals surface area contributed by atoms with Crippen molar-refractivity contribution in [3.63, 3.8) is 0 Å². The number of nitrogens with zero attached hydrogens (tertiary/aromatic N) is 2. The molecule has 0 saturated carbocycles. The van der Waals surface area contributed by atoms with Crippen molar-refractivity contribution in [3.8, 4) is 0 Å². The largest absolute Gasteiger partial charge is 0.301 e. The number of hydrogen-bond acceptors (Lipinski definition) is 2. The minimum Gasteiger partial charge on any atom is -0.301 e. The molecule has 2 atom stereocenters. The molecule has 0 bridgehead atoms. The number of likely N-dealkylation sites (N-methyl/N-ethyl adjacent to an activating group) is 2. The first-order valence-electron chi connectivity index (χ1n) is 7.04. The smallest absolute Gasteiger partial charge is 0.0540 e. The lowest BCUT2D eigenvalue weighted by molar-refractivity contribution is 0.152. The summed E-state index contributed by atoms with van der Waals surface area (Å²) >= 11 is 0. The first-order valence-corrected chi connectivity index (χ1v) is 7.04. The summed E-state index contributed by atoms with van der Waals surface area (Å²) in [5.41, 5.74) is 2.69. The van der Waals surface area contributed by atoms with Crippen LogP contribution in [0.15, 0.2) is 60.7 Å². The second-order valence-corrected chi connectivity index (χ2v) is 5.64. The lowest BCUT2D eigenvalue weighted by Gasteiger charge is -2.37. The van der Waals surface area contributed by atoms with Crippen LogP contribution in [0.3, 0.4) is 0 Å². The van der Waals surface area contributed by atoms with Gasteiger partial charge in [-0.25, -0.2) is 0 Å². The average Bonchev–Trinajstić information content (AvgIpc) is 2.45. The highest BCUT2D eigenvalue weighted by molar-refractivity contribution is 5.27. The molecule has 0 heterocycles. The standard InChI is InChI=1S/C18H24N2/c1-19(2)17(15-11-7-5-8-12-15)18(20(3)4)16-13-9-6-10-14-16/h5-14,17-18H,1-4H3/t17-,18-/m1/s1. The summed E-state index contributed by atoms with van der Waals surface area (Å²) < 4.78 is 0. The molecule has 0 unspecified atom stereocenters. The third kappa shape index (κ3) is 3.27. The van der Waals surface area contributed by atoms with E-state index >= 15 is 0 Å². The van der Waals surface area contributed by atoms with Crippen LogP contribution >= 0.6 is 0 Å². The van der Waals surface area contributed by atoms with Gasteiger partial charge in [-0.3, -0.25) is 0 Å². The Labute approximate surface area is 122 Å². The predicted octanol–water partition coefficient (Wildman–Crippen LogP) is 3.59. The minimum absolute atomic E-state index is 0.327. The average molecular weight is 268 g/mol. The zero-order chi connectivity index (χ0) is 14.5. The molecule has 0 amide bonds. The van der Waals surface area contributed by atoms with Crippen LogP contribution in [-0.4, -0.2) is 38.0 Å². The molecular weight excluding hydrogens is 244 g/mol. The highest BCUT2D eigenvalue weighted by atomic mass is 15.2. The normalized spacial score (nSPS) is 14.5. The Balaban J connectivity index is 2.44. The van der Waals surface area contributed by atoms with Gasteiger partial charge in [0.15, 0.2) is 0 Å². The number of benzene rings is 2. The molecule has 0 N–H and O–H groups in total. The van der Waals surface area contributed by atoms with Crippen molar-refractivity contribution in [1.29, 1.82) is 0 Å². The molecule has 2 aromatic rings. The van der Waals surface area contributed by atoms with E-state index < -0.39 is 0 Å². The molecule has 2 nitrogen and oxygen atoms in total. The van der Waals surface area contributed by atoms with Gasteiger partial charge in [0.05, 0.1) is 12.1 Å². The molecule has 0 spiro atoms. The van der Waals surface area contributed by atoms with Gasteiger partial charge in [0.2, 0.25) is 0 Å². The van der Waals surface area contributed by atoms with Crippen molar-refractivity contribution < 1.29 is 0 Å². The number of hydrogen-bond donors (Lipinski definition) is 0. The van der Waals surface area contributed by atoms with Crippen LogP contribution in [0.25, 0.3) is 0 Å². The Hall–Kier alpha value is -1.64. The molecule has 106 valence electrons. The molecular formula is C18H24N2. The SMILES string of the molecule is CN(C)[C@H](c1ccccc1)[C@@H](c1ccccc1)N(C)C. The van der Waals surface area contributed by atoms with E-state index in [9.17, 15) is 0 Å².